The number of benzene rings is 1. The second kappa shape index (κ2) is 6.20. The largest absolute Gasteiger partial charge is 0.292 e. The quantitative estimate of drug-likeness (QED) is 0.793. The summed E-state index contributed by atoms with van der Waals surface area (Å²) in [6.45, 7) is 10.4. The normalized spacial score (nSPS) is 10.9. The van der Waals surface area contributed by atoms with Crippen molar-refractivity contribution in [3.05, 3.63) is 46.0 Å². The van der Waals surface area contributed by atoms with Crippen LogP contribution in [0.15, 0.2) is 12.1 Å². The summed E-state index contributed by atoms with van der Waals surface area (Å²) in [4.78, 5) is 17.0. The van der Waals surface area contributed by atoms with Crippen molar-refractivity contribution in [3.63, 3.8) is 0 Å². The van der Waals surface area contributed by atoms with Gasteiger partial charge in [0.1, 0.15) is 12.4 Å². The lowest BCUT2D eigenvalue weighted by Crippen LogP contribution is -2.15. The van der Waals surface area contributed by atoms with Crippen LogP contribution in [0.5, 0.6) is 0 Å². The minimum absolute atomic E-state index is 0.0952. The minimum atomic E-state index is 0.0952. The first kappa shape index (κ1) is 15.4. The Kier molecular flexibility index (Phi) is 4.56. The van der Waals surface area contributed by atoms with E-state index in [1.165, 1.54) is 5.56 Å². The van der Waals surface area contributed by atoms with E-state index in [0.29, 0.717) is 0 Å². The fraction of sp³-hybridized carbons (Fsp3) is 0.471. The second-order valence-electron chi connectivity index (χ2n) is 5.48. The molecular weight excluding hydrogens is 262 g/mol. The van der Waals surface area contributed by atoms with Crippen LogP contribution in [0.25, 0.3) is 0 Å². The summed E-state index contributed by atoms with van der Waals surface area (Å²) in [5.41, 5.74) is 4.17. The zero-order chi connectivity index (χ0) is 15.6. The molecule has 2 rings (SSSR count). The number of hydrogen-bond donors (Lipinski definition) is 0. The third-order valence-electron chi connectivity index (χ3n) is 3.86. The molecule has 0 amide bonds. The number of nitrogens with zero attached hydrogens (tertiary/aromatic N) is 3. The molecule has 1 aromatic heterocycles. The molecule has 0 fully saturated rings. The molecule has 1 heterocycles. The van der Waals surface area contributed by atoms with Crippen molar-refractivity contribution in [2.75, 3.05) is 0 Å². The van der Waals surface area contributed by atoms with Gasteiger partial charge in [-0.2, -0.15) is 5.10 Å². The number of hydrogen-bond acceptors (Lipinski definition) is 3. The Morgan fingerprint density at radius 2 is 1.71 bits per heavy atom. The maximum Gasteiger partial charge on any atom is 0.184 e. The molecule has 0 bridgehead atoms. The smallest absolute Gasteiger partial charge is 0.184 e. The molecule has 21 heavy (non-hydrogen) atoms. The average Bonchev–Trinajstić information content (AvgIpc) is 2.84. The molecule has 0 aliphatic carbocycles. The summed E-state index contributed by atoms with van der Waals surface area (Å²) >= 11 is 0. The number of aromatic nitrogens is 3. The average molecular weight is 285 g/mol. The van der Waals surface area contributed by atoms with Crippen molar-refractivity contribution < 1.29 is 4.79 Å². The number of carbonyl (C=O) groups is 1. The zero-order valence-electron chi connectivity index (χ0n) is 13.5. The van der Waals surface area contributed by atoms with Gasteiger partial charge in [-0.3, -0.25) is 4.79 Å². The highest BCUT2D eigenvalue weighted by molar-refractivity contribution is 5.97. The molecule has 0 spiro atoms. The van der Waals surface area contributed by atoms with Crippen molar-refractivity contribution in [1.82, 2.24) is 14.8 Å². The Labute approximate surface area is 126 Å². The predicted octanol–water partition coefficient (Wildman–Crippen LogP) is 3.21. The second-order valence-corrected chi connectivity index (χ2v) is 5.48. The van der Waals surface area contributed by atoms with E-state index in [0.717, 1.165) is 41.2 Å². The van der Waals surface area contributed by atoms with Gasteiger partial charge in [-0.15, -0.1) is 0 Å². The molecule has 4 heteroatoms. The van der Waals surface area contributed by atoms with Crippen LogP contribution in [0.2, 0.25) is 0 Å². The number of carbonyl (C=O) groups excluding carboxylic acids is 1. The first-order valence-corrected chi connectivity index (χ1v) is 7.49. The lowest BCUT2D eigenvalue weighted by atomic mass is 9.98. The van der Waals surface area contributed by atoms with Crippen molar-refractivity contribution in [1.29, 1.82) is 0 Å². The van der Waals surface area contributed by atoms with Crippen molar-refractivity contribution >= 4 is 5.78 Å². The maximum atomic E-state index is 12.6. The van der Waals surface area contributed by atoms with Crippen LogP contribution in [0.4, 0.5) is 0 Å². The van der Waals surface area contributed by atoms with E-state index in [4.69, 9.17) is 0 Å². The predicted molar refractivity (Wildman–Crippen MR) is 83.8 cm³/mol. The van der Waals surface area contributed by atoms with Crippen molar-refractivity contribution in [3.8, 4) is 0 Å². The minimum Gasteiger partial charge on any atom is -0.292 e. The van der Waals surface area contributed by atoms with Crippen LogP contribution >= 0.6 is 0 Å². The van der Waals surface area contributed by atoms with E-state index in [1.807, 2.05) is 33.8 Å². The molecule has 2 aromatic rings. The Bertz CT molecular complexity index is 671. The number of aryl methyl sites for hydroxylation is 5. The van der Waals surface area contributed by atoms with Gasteiger partial charge in [0.15, 0.2) is 11.6 Å². The van der Waals surface area contributed by atoms with Crippen LogP contribution in [0.1, 0.15) is 52.5 Å². The fourth-order valence-corrected chi connectivity index (χ4v) is 2.45. The molecule has 0 atom stereocenters. The highest BCUT2D eigenvalue weighted by Crippen LogP contribution is 2.16. The van der Waals surface area contributed by atoms with Crippen LogP contribution in [0, 0.1) is 20.8 Å². The van der Waals surface area contributed by atoms with E-state index < -0.39 is 0 Å². The molecule has 0 radical (unpaired) electrons. The van der Waals surface area contributed by atoms with E-state index in [9.17, 15) is 4.79 Å². The molecular formula is C17H23N3O. The van der Waals surface area contributed by atoms with E-state index in [2.05, 4.69) is 23.1 Å². The van der Waals surface area contributed by atoms with Gasteiger partial charge in [-0.25, -0.2) is 9.67 Å². The van der Waals surface area contributed by atoms with Gasteiger partial charge >= 0.3 is 0 Å². The summed E-state index contributed by atoms with van der Waals surface area (Å²) in [5, 5.41) is 4.42. The van der Waals surface area contributed by atoms with Gasteiger partial charge in [-0.1, -0.05) is 19.9 Å². The third-order valence-corrected chi connectivity index (χ3v) is 3.86. The summed E-state index contributed by atoms with van der Waals surface area (Å²) in [6, 6.07) is 4.05. The highest BCUT2D eigenvalue weighted by Gasteiger charge is 2.15. The lowest BCUT2D eigenvalue weighted by Gasteiger charge is -2.10. The Morgan fingerprint density at radius 3 is 2.33 bits per heavy atom. The van der Waals surface area contributed by atoms with Crippen LogP contribution in [-0.4, -0.2) is 20.5 Å². The topological polar surface area (TPSA) is 47.8 Å². The summed E-state index contributed by atoms with van der Waals surface area (Å²) in [7, 11) is 0. The fourth-order valence-electron chi connectivity index (χ4n) is 2.45. The molecule has 0 N–H and O–H groups in total. The van der Waals surface area contributed by atoms with Crippen LogP contribution in [0.3, 0.4) is 0 Å². The summed E-state index contributed by atoms with van der Waals surface area (Å²) < 4.78 is 1.75. The van der Waals surface area contributed by atoms with Gasteiger partial charge in [0.2, 0.25) is 0 Å². The third kappa shape index (κ3) is 3.20. The molecule has 1 aromatic carbocycles. The van der Waals surface area contributed by atoms with E-state index in [-0.39, 0.29) is 12.3 Å². The van der Waals surface area contributed by atoms with E-state index in [1.54, 1.807) is 4.68 Å². The van der Waals surface area contributed by atoms with Gasteiger partial charge in [-0.05, 0) is 43.5 Å². The standard InChI is InChI=1S/C17H23N3O/c1-6-16-18-17(7-2)20(19-16)10-15(21)14-9-12(4)11(3)8-13(14)5/h8-9H,6-7,10H2,1-5H3. The van der Waals surface area contributed by atoms with E-state index >= 15 is 0 Å². The Hall–Kier alpha value is -1.97. The molecule has 0 saturated carbocycles. The molecule has 0 aliphatic rings. The highest BCUT2D eigenvalue weighted by atomic mass is 16.1. The van der Waals surface area contributed by atoms with Gasteiger partial charge in [0, 0.05) is 18.4 Å². The van der Waals surface area contributed by atoms with Crippen molar-refractivity contribution in [2.24, 2.45) is 0 Å². The first-order chi connectivity index (χ1) is 9.96. The zero-order valence-corrected chi connectivity index (χ0v) is 13.5. The Balaban J connectivity index is 2.30. The number of Topliss-reactive ketones (excluding diaryl/α,β-unsaturated/α-hetero) is 1. The molecule has 4 nitrogen and oxygen atoms in total. The molecule has 0 saturated heterocycles. The summed E-state index contributed by atoms with van der Waals surface area (Å²) in [6.07, 6.45) is 1.57. The molecule has 0 unspecified atom stereocenters. The monoisotopic (exact) mass is 285 g/mol. The van der Waals surface area contributed by atoms with Crippen LogP contribution < -0.4 is 0 Å². The Morgan fingerprint density at radius 1 is 1.05 bits per heavy atom. The number of ketones is 1. The molecule has 112 valence electrons. The number of rotatable bonds is 5. The van der Waals surface area contributed by atoms with Gasteiger partial charge < -0.3 is 0 Å². The SMILES string of the molecule is CCc1nc(CC)n(CC(=O)c2cc(C)c(C)cc2C)n1. The van der Waals surface area contributed by atoms with Crippen molar-refractivity contribution in [2.45, 2.75) is 54.0 Å². The van der Waals surface area contributed by atoms with Gasteiger partial charge in [0.05, 0.1) is 0 Å². The van der Waals surface area contributed by atoms with Gasteiger partial charge in [0.25, 0.3) is 0 Å². The summed E-state index contributed by atoms with van der Waals surface area (Å²) in [5.74, 6) is 1.77. The lowest BCUT2D eigenvalue weighted by molar-refractivity contribution is 0.0965. The maximum absolute atomic E-state index is 12.6. The van der Waals surface area contributed by atoms with Crippen LogP contribution in [-0.2, 0) is 19.4 Å². The molecule has 0 aliphatic heterocycles. The first-order valence-electron chi connectivity index (χ1n) is 7.49.